The minimum absolute atomic E-state index is 0.181. The molecule has 0 heterocycles. The first-order valence-corrected chi connectivity index (χ1v) is 6.84. The predicted molar refractivity (Wildman–Crippen MR) is 61.6 cm³/mol. The van der Waals surface area contributed by atoms with Crippen molar-refractivity contribution in [3.05, 3.63) is 29.8 Å². The summed E-state index contributed by atoms with van der Waals surface area (Å²) in [6, 6.07) is 6.28. The van der Waals surface area contributed by atoms with E-state index in [9.17, 15) is 8.42 Å². The standard InChI is InChI=1S/C11H15NO3S/c1-8(9-2-4-10(13)5-3-9)12-16(14,15)11-6-7-11/h2-5,8,11-13H,6-7H2,1H3. The molecule has 0 bridgehead atoms. The molecule has 2 rings (SSSR count). The van der Waals surface area contributed by atoms with Crippen molar-refractivity contribution < 1.29 is 13.5 Å². The first-order chi connectivity index (χ1) is 7.49. The summed E-state index contributed by atoms with van der Waals surface area (Å²) in [7, 11) is -3.16. The molecule has 1 aliphatic carbocycles. The highest BCUT2D eigenvalue weighted by Crippen LogP contribution is 2.29. The van der Waals surface area contributed by atoms with Crippen LogP contribution in [-0.4, -0.2) is 18.8 Å². The molecule has 1 aromatic rings. The van der Waals surface area contributed by atoms with Crippen LogP contribution < -0.4 is 4.72 Å². The Morgan fingerprint density at radius 1 is 1.31 bits per heavy atom. The Kier molecular flexibility index (Phi) is 2.90. The van der Waals surface area contributed by atoms with Gasteiger partial charge in [-0.3, -0.25) is 0 Å². The summed E-state index contributed by atoms with van der Waals surface area (Å²) in [5.41, 5.74) is 0.849. The number of phenols is 1. The van der Waals surface area contributed by atoms with Crippen molar-refractivity contribution in [2.75, 3.05) is 0 Å². The van der Waals surface area contributed by atoms with Gasteiger partial charge >= 0.3 is 0 Å². The SMILES string of the molecule is CC(NS(=O)(=O)C1CC1)c1ccc(O)cc1. The molecule has 0 spiro atoms. The molecule has 1 aliphatic rings. The van der Waals surface area contributed by atoms with E-state index in [1.807, 2.05) is 0 Å². The molecule has 1 saturated carbocycles. The number of phenolic OH excluding ortho intramolecular Hbond substituents is 1. The van der Waals surface area contributed by atoms with E-state index in [1.165, 1.54) is 0 Å². The monoisotopic (exact) mass is 241 g/mol. The molecular weight excluding hydrogens is 226 g/mol. The maximum absolute atomic E-state index is 11.7. The van der Waals surface area contributed by atoms with E-state index in [-0.39, 0.29) is 17.0 Å². The maximum Gasteiger partial charge on any atom is 0.215 e. The molecular formula is C11H15NO3S. The van der Waals surface area contributed by atoms with E-state index < -0.39 is 10.0 Å². The molecule has 0 saturated heterocycles. The number of sulfonamides is 1. The molecule has 1 unspecified atom stereocenters. The van der Waals surface area contributed by atoms with Crippen molar-refractivity contribution in [3.8, 4) is 5.75 Å². The van der Waals surface area contributed by atoms with E-state index in [2.05, 4.69) is 4.72 Å². The average Bonchev–Trinajstić information content (AvgIpc) is 3.01. The summed E-state index contributed by atoms with van der Waals surface area (Å²) in [4.78, 5) is 0. The van der Waals surface area contributed by atoms with Gasteiger partial charge in [0.25, 0.3) is 0 Å². The van der Waals surface area contributed by atoms with Crippen molar-refractivity contribution in [1.82, 2.24) is 4.72 Å². The summed E-state index contributed by atoms with van der Waals surface area (Å²) in [6.07, 6.45) is 1.52. The zero-order chi connectivity index (χ0) is 11.8. The lowest BCUT2D eigenvalue weighted by molar-refractivity contribution is 0.475. The quantitative estimate of drug-likeness (QED) is 0.840. The summed E-state index contributed by atoms with van der Waals surface area (Å²) in [5.74, 6) is 0.181. The molecule has 5 heteroatoms. The van der Waals surface area contributed by atoms with E-state index in [1.54, 1.807) is 31.2 Å². The number of hydrogen-bond acceptors (Lipinski definition) is 3. The predicted octanol–water partition coefficient (Wildman–Crippen LogP) is 1.53. The highest BCUT2D eigenvalue weighted by atomic mass is 32.2. The van der Waals surface area contributed by atoms with E-state index >= 15 is 0 Å². The van der Waals surface area contributed by atoms with Gasteiger partial charge in [0.15, 0.2) is 0 Å². The van der Waals surface area contributed by atoms with Crippen molar-refractivity contribution in [3.63, 3.8) is 0 Å². The van der Waals surface area contributed by atoms with Crippen LogP contribution in [0.5, 0.6) is 5.75 Å². The molecule has 88 valence electrons. The molecule has 0 aromatic heterocycles. The molecule has 0 amide bonds. The van der Waals surface area contributed by atoms with Gasteiger partial charge < -0.3 is 5.11 Å². The lowest BCUT2D eigenvalue weighted by Crippen LogP contribution is -2.29. The largest absolute Gasteiger partial charge is 0.508 e. The third-order valence-electron chi connectivity index (χ3n) is 2.70. The van der Waals surface area contributed by atoms with Gasteiger partial charge in [-0.2, -0.15) is 0 Å². The van der Waals surface area contributed by atoms with Gasteiger partial charge in [0.1, 0.15) is 5.75 Å². The second kappa shape index (κ2) is 4.07. The second-order valence-electron chi connectivity index (χ2n) is 4.18. The van der Waals surface area contributed by atoms with Crippen molar-refractivity contribution >= 4 is 10.0 Å². The third kappa shape index (κ3) is 2.54. The topological polar surface area (TPSA) is 66.4 Å². The molecule has 0 aliphatic heterocycles. The normalized spacial score (nSPS) is 18.3. The molecule has 16 heavy (non-hydrogen) atoms. The fourth-order valence-corrected chi connectivity index (χ4v) is 3.13. The molecule has 1 aromatic carbocycles. The first-order valence-electron chi connectivity index (χ1n) is 5.29. The van der Waals surface area contributed by atoms with E-state index in [4.69, 9.17) is 5.11 Å². The Morgan fingerprint density at radius 3 is 2.38 bits per heavy atom. The van der Waals surface area contributed by atoms with Crippen molar-refractivity contribution in [2.45, 2.75) is 31.1 Å². The highest BCUT2D eigenvalue weighted by molar-refractivity contribution is 7.90. The summed E-state index contributed by atoms with van der Waals surface area (Å²) in [5, 5.41) is 8.93. The summed E-state index contributed by atoms with van der Waals surface area (Å²) < 4.78 is 26.0. The van der Waals surface area contributed by atoms with Crippen LogP contribution in [0.4, 0.5) is 0 Å². The van der Waals surface area contributed by atoms with Gasteiger partial charge in [-0.05, 0) is 37.5 Å². The first kappa shape index (κ1) is 11.4. The molecule has 2 N–H and O–H groups in total. The van der Waals surface area contributed by atoms with Gasteiger partial charge in [-0.1, -0.05) is 12.1 Å². The summed E-state index contributed by atoms with van der Waals surface area (Å²) >= 11 is 0. The number of aromatic hydroxyl groups is 1. The van der Waals surface area contributed by atoms with Crippen LogP contribution in [0.2, 0.25) is 0 Å². The Balaban J connectivity index is 2.08. The maximum atomic E-state index is 11.7. The Bertz CT molecular complexity index is 463. The smallest absolute Gasteiger partial charge is 0.215 e. The van der Waals surface area contributed by atoms with Crippen LogP contribution in [0, 0.1) is 0 Å². The van der Waals surface area contributed by atoms with Crippen molar-refractivity contribution in [2.24, 2.45) is 0 Å². The van der Waals surface area contributed by atoms with Gasteiger partial charge in [0.05, 0.1) is 5.25 Å². The van der Waals surface area contributed by atoms with Gasteiger partial charge in [0.2, 0.25) is 10.0 Å². The molecule has 1 atom stereocenters. The Morgan fingerprint density at radius 2 is 1.88 bits per heavy atom. The minimum atomic E-state index is -3.16. The van der Waals surface area contributed by atoms with Gasteiger partial charge in [-0.25, -0.2) is 13.1 Å². The van der Waals surface area contributed by atoms with Crippen LogP contribution >= 0.6 is 0 Å². The Hall–Kier alpha value is -1.07. The average molecular weight is 241 g/mol. The number of nitrogens with one attached hydrogen (secondary N) is 1. The molecule has 0 radical (unpaired) electrons. The van der Waals surface area contributed by atoms with Crippen LogP contribution in [0.3, 0.4) is 0 Å². The molecule has 1 fully saturated rings. The molecule has 4 nitrogen and oxygen atoms in total. The lowest BCUT2D eigenvalue weighted by atomic mass is 10.1. The van der Waals surface area contributed by atoms with Crippen molar-refractivity contribution in [1.29, 1.82) is 0 Å². The van der Waals surface area contributed by atoms with Gasteiger partial charge in [-0.15, -0.1) is 0 Å². The number of benzene rings is 1. The zero-order valence-electron chi connectivity index (χ0n) is 9.05. The van der Waals surface area contributed by atoms with Crippen LogP contribution in [0.25, 0.3) is 0 Å². The number of hydrogen-bond donors (Lipinski definition) is 2. The fourth-order valence-electron chi connectivity index (χ4n) is 1.55. The third-order valence-corrected chi connectivity index (χ3v) is 4.73. The minimum Gasteiger partial charge on any atom is -0.508 e. The fraction of sp³-hybridized carbons (Fsp3) is 0.455. The van der Waals surface area contributed by atoms with Crippen LogP contribution in [0.1, 0.15) is 31.4 Å². The summed E-state index contributed by atoms with van der Waals surface area (Å²) in [6.45, 7) is 1.80. The number of rotatable bonds is 4. The second-order valence-corrected chi connectivity index (χ2v) is 6.17. The lowest BCUT2D eigenvalue weighted by Gasteiger charge is -2.14. The van der Waals surface area contributed by atoms with Crippen LogP contribution in [0.15, 0.2) is 24.3 Å². The highest BCUT2D eigenvalue weighted by Gasteiger charge is 2.36. The Labute approximate surface area is 95.4 Å². The van der Waals surface area contributed by atoms with Crippen LogP contribution in [-0.2, 0) is 10.0 Å². The van der Waals surface area contributed by atoms with E-state index in [0.29, 0.717) is 0 Å². The van der Waals surface area contributed by atoms with E-state index in [0.717, 1.165) is 18.4 Å². The zero-order valence-corrected chi connectivity index (χ0v) is 9.87. The van der Waals surface area contributed by atoms with Gasteiger partial charge in [0, 0.05) is 6.04 Å².